The molecule has 0 rings (SSSR count). The maximum absolute atomic E-state index is 11.9. The molecule has 58 valence electrons. The molecule has 0 aromatic carbocycles. The molecule has 0 amide bonds. The van der Waals surface area contributed by atoms with Crippen LogP contribution >= 0.6 is 0 Å². The van der Waals surface area contributed by atoms with Crippen LogP contribution in [0.1, 0.15) is 13.8 Å². The van der Waals surface area contributed by atoms with E-state index in [1.807, 2.05) is 0 Å². The summed E-state index contributed by atoms with van der Waals surface area (Å²) in [6.45, 7) is 2.47. The van der Waals surface area contributed by atoms with Crippen molar-refractivity contribution in [1.82, 2.24) is 0 Å². The fourth-order valence-electron chi connectivity index (χ4n) is 0.142. The number of hydrogen-bond donors (Lipinski definition) is 0. The second-order valence-corrected chi connectivity index (χ2v) is 3.68. The first kappa shape index (κ1) is 13.5. The van der Waals surface area contributed by atoms with Gasteiger partial charge in [-0.1, -0.05) is 0 Å². The molecule has 0 spiro atoms. The van der Waals surface area contributed by atoms with Crippen LogP contribution in [0.3, 0.4) is 0 Å². The Hall–Kier alpha value is 0.893. The number of halogens is 4. The van der Waals surface area contributed by atoms with Gasteiger partial charge in [-0.25, -0.2) is 0 Å². The summed E-state index contributed by atoms with van der Waals surface area (Å²) in [5.74, 6) is 0. The van der Waals surface area contributed by atoms with Crippen LogP contribution in [-0.2, 0) is 18.3 Å². The van der Waals surface area contributed by atoms with E-state index >= 15 is 0 Å². The summed E-state index contributed by atoms with van der Waals surface area (Å²) in [6.07, 6.45) is -4.02. The van der Waals surface area contributed by atoms with Gasteiger partial charge in [-0.3, -0.25) is 0 Å². The molecule has 0 bridgehead atoms. The standard InChI is InChI=1S/C5H8F3.BrH.Zn/c1-4(2,3)5(6,7)8;;/h1H2,2-3H3;1H;/q;;+1/p-1. The Balaban J connectivity index is 0. The van der Waals surface area contributed by atoms with Gasteiger partial charge in [-0.15, -0.1) is 0 Å². The van der Waals surface area contributed by atoms with Crippen LogP contribution in [0, 0.1) is 5.41 Å². The van der Waals surface area contributed by atoms with Crippen molar-refractivity contribution in [1.29, 1.82) is 0 Å². The molecule has 5 heteroatoms. The van der Waals surface area contributed by atoms with E-state index in [0.29, 0.717) is 18.3 Å². The van der Waals surface area contributed by atoms with Crippen molar-refractivity contribution in [3.05, 3.63) is 0 Å². The molecule has 0 nitrogen and oxygen atoms in total. The molecule has 0 heterocycles. The van der Waals surface area contributed by atoms with E-state index < -0.39 is 11.6 Å². The molecular weight excluding hydrogens is 262 g/mol. The van der Waals surface area contributed by atoms with Gasteiger partial charge >= 0.3 is 61.9 Å². The van der Waals surface area contributed by atoms with Crippen LogP contribution in [0.15, 0.2) is 0 Å². The van der Waals surface area contributed by atoms with Crippen molar-refractivity contribution in [3.63, 3.8) is 0 Å². The number of rotatable bonds is 1. The van der Waals surface area contributed by atoms with Gasteiger partial charge in [0.05, 0.1) is 0 Å². The van der Waals surface area contributed by atoms with Gasteiger partial charge in [0.25, 0.3) is 0 Å². The van der Waals surface area contributed by atoms with E-state index in [0.717, 1.165) is 0 Å². The number of alkyl halides is 3. The maximum atomic E-state index is 11.9. The first-order chi connectivity index (χ1) is 3.81. The summed E-state index contributed by atoms with van der Waals surface area (Å²) in [4.78, 5) is 0. The predicted molar refractivity (Wildman–Crippen MR) is 24.6 cm³/mol. The Labute approximate surface area is 79.0 Å². The van der Waals surface area contributed by atoms with Crippen molar-refractivity contribution in [2.24, 2.45) is 5.41 Å². The largest absolute Gasteiger partial charge is 1.00 e. The molecule has 0 radical (unpaired) electrons. The van der Waals surface area contributed by atoms with Crippen LogP contribution in [0.5, 0.6) is 0 Å². The Kier molecular flexibility index (Phi) is 5.46. The summed E-state index contributed by atoms with van der Waals surface area (Å²) >= 11 is 0.701. The quantitative estimate of drug-likeness (QED) is 0.566. The normalized spacial score (nSPS) is 12.7. The zero-order valence-corrected chi connectivity index (χ0v) is 10.5. The van der Waals surface area contributed by atoms with Crippen LogP contribution in [-0.4, -0.2) is 6.18 Å². The molecule has 0 aliphatic heterocycles. The molecule has 0 N–H and O–H groups in total. The van der Waals surface area contributed by atoms with Gasteiger partial charge in [-0.05, 0) is 0 Å². The maximum Gasteiger partial charge on any atom is -1.00 e. The van der Waals surface area contributed by atoms with Crippen LogP contribution in [0.4, 0.5) is 13.2 Å². The molecule has 0 aliphatic carbocycles. The average molecular weight is 270 g/mol. The monoisotopic (exact) mass is 268 g/mol. The summed E-state index contributed by atoms with van der Waals surface area (Å²) in [6, 6.07) is 0. The zero-order valence-electron chi connectivity index (χ0n) is 5.93. The minimum absolute atomic E-state index is 0. The molecule has 0 saturated heterocycles. The van der Waals surface area contributed by atoms with Gasteiger partial charge in [0, 0.05) is 0 Å². The molecule has 0 aliphatic rings. The van der Waals surface area contributed by atoms with Gasteiger partial charge < -0.3 is 17.0 Å². The fourth-order valence-corrected chi connectivity index (χ4v) is 0.736. The van der Waals surface area contributed by atoms with Crippen LogP contribution in [0.2, 0.25) is 5.02 Å². The molecule has 0 unspecified atom stereocenters. The first-order valence-corrected chi connectivity index (χ1v) is 4.77. The minimum Gasteiger partial charge on any atom is -1.00 e. The molecule has 0 aromatic rings. The second-order valence-electron chi connectivity index (χ2n) is 2.63. The van der Waals surface area contributed by atoms with E-state index in [-0.39, 0.29) is 22.0 Å². The Morgan fingerprint density at radius 1 is 1.20 bits per heavy atom. The SMILES string of the molecule is CC(C)([CH2][Zn+])C(F)(F)F.[Br-]. The molecule has 0 fully saturated rings. The first-order valence-electron chi connectivity index (χ1n) is 2.67. The molecule has 10 heavy (non-hydrogen) atoms. The second kappa shape index (κ2) is 4.05. The van der Waals surface area contributed by atoms with Crippen molar-refractivity contribution < 1.29 is 48.5 Å². The molecule has 0 aromatic heterocycles. The van der Waals surface area contributed by atoms with E-state index in [4.69, 9.17) is 0 Å². The van der Waals surface area contributed by atoms with Gasteiger partial charge in [0.15, 0.2) is 0 Å². The summed E-state index contributed by atoms with van der Waals surface area (Å²) in [5, 5.41) is 0.260. The summed E-state index contributed by atoms with van der Waals surface area (Å²) in [5.41, 5.74) is -1.47. The van der Waals surface area contributed by atoms with Crippen molar-refractivity contribution in [3.8, 4) is 0 Å². The van der Waals surface area contributed by atoms with Gasteiger partial charge in [0.1, 0.15) is 0 Å². The third kappa shape index (κ3) is 3.33. The topological polar surface area (TPSA) is 0 Å². The summed E-state index contributed by atoms with van der Waals surface area (Å²) < 4.78 is 35.6. The Morgan fingerprint density at radius 2 is 1.50 bits per heavy atom. The van der Waals surface area contributed by atoms with Crippen molar-refractivity contribution in [2.45, 2.75) is 25.0 Å². The van der Waals surface area contributed by atoms with Crippen LogP contribution < -0.4 is 17.0 Å². The summed E-state index contributed by atoms with van der Waals surface area (Å²) in [7, 11) is 0. The van der Waals surface area contributed by atoms with Crippen molar-refractivity contribution in [2.75, 3.05) is 0 Å². The van der Waals surface area contributed by atoms with E-state index in [1.165, 1.54) is 13.8 Å². The van der Waals surface area contributed by atoms with Gasteiger partial charge in [-0.2, -0.15) is 0 Å². The molecular formula is C5H8BrF3Zn. The zero-order chi connectivity index (χ0) is 7.71. The van der Waals surface area contributed by atoms with E-state index in [9.17, 15) is 13.2 Å². The third-order valence-corrected chi connectivity index (χ3v) is 4.01. The Bertz CT molecular complexity index is 99.6. The third-order valence-electron chi connectivity index (χ3n) is 1.39. The molecule has 0 atom stereocenters. The number of hydrogen-bond acceptors (Lipinski definition) is 0. The van der Waals surface area contributed by atoms with Crippen molar-refractivity contribution >= 4 is 0 Å². The predicted octanol–water partition coefficient (Wildman–Crippen LogP) is -0.456. The van der Waals surface area contributed by atoms with Crippen LogP contribution in [0.25, 0.3) is 0 Å². The van der Waals surface area contributed by atoms with Gasteiger partial charge in [0.2, 0.25) is 0 Å². The van der Waals surface area contributed by atoms with E-state index in [1.54, 1.807) is 0 Å². The Morgan fingerprint density at radius 3 is 1.50 bits per heavy atom. The fraction of sp³-hybridized carbons (Fsp3) is 1.00. The molecule has 0 saturated carbocycles. The van der Waals surface area contributed by atoms with E-state index in [2.05, 4.69) is 0 Å². The smallest absolute Gasteiger partial charge is 1.00 e. The average Bonchev–Trinajstić information content (AvgIpc) is 1.64. The minimum atomic E-state index is -4.02.